The van der Waals surface area contributed by atoms with Gasteiger partial charge >= 0.3 is 6.18 Å². The largest absolute Gasteiger partial charge is 0.416 e. The van der Waals surface area contributed by atoms with Crippen molar-refractivity contribution >= 4 is 11.8 Å². The number of halogens is 4. The van der Waals surface area contributed by atoms with Crippen molar-refractivity contribution in [2.75, 3.05) is 20.1 Å². The molecular weight excluding hydrogens is 400 g/mol. The summed E-state index contributed by atoms with van der Waals surface area (Å²) in [6.45, 7) is 0.484. The fourth-order valence-corrected chi connectivity index (χ4v) is 3.72. The SMILES string of the molecule is CN(Cc1ccccc1C(F)(F)F)C(=O)C1CCCN(C(=O)c2ccc(F)cc2)C1. The lowest BCUT2D eigenvalue weighted by Crippen LogP contribution is -2.45. The van der Waals surface area contributed by atoms with Crippen molar-refractivity contribution in [2.24, 2.45) is 5.92 Å². The number of hydrogen-bond acceptors (Lipinski definition) is 2. The maximum Gasteiger partial charge on any atom is 0.416 e. The lowest BCUT2D eigenvalue weighted by molar-refractivity contribution is -0.141. The highest BCUT2D eigenvalue weighted by atomic mass is 19.4. The monoisotopic (exact) mass is 422 g/mol. The van der Waals surface area contributed by atoms with Gasteiger partial charge in [0.15, 0.2) is 0 Å². The van der Waals surface area contributed by atoms with Crippen LogP contribution in [-0.2, 0) is 17.5 Å². The van der Waals surface area contributed by atoms with Crippen molar-refractivity contribution in [2.45, 2.75) is 25.6 Å². The summed E-state index contributed by atoms with van der Waals surface area (Å²) in [7, 11) is 1.47. The van der Waals surface area contributed by atoms with Crippen LogP contribution in [0.3, 0.4) is 0 Å². The zero-order valence-corrected chi connectivity index (χ0v) is 16.5. The van der Waals surface area contributed by atoms with Gasteiger partial charge in [0.25, 0.3) is 5.91 Å². The van der Waals surface area contributed by atoms with Gasteiger partial charge in [-0.25, -0.2) is 4.39 Å². The Labute approximate surface area is 172 Å². The van der Waals surface area contributed by atoms with Crippen molar-refractivity contribution in [3.8, 4) is 0 Å². The van der Waals surface area contributed by atoms with E-state index in [2.05, 4.69) is 0 Å². The molecule has 1 fully saturated rings. The summed E-state index contributed by atoms with van der Waals surface area (Å²) < 4.78 is 52.7. The molecule has 3 rings (SSSR count). The van der Waals surface area contributed by atoms with Gasteiger partial charge in [-0.2, -0.15) is 13.2 Å². The molecule has 0 aliphatic carbocycles. The number of alkyl halides is 3. The van der Waals surface area contributed by atoms with Crippen LogP contribution in [0.2, 0.25) is 0 Å². The highest BCUT2D eigenvalue weighted by molar-refractivity contribution is 5.94. The van der Waals surface area contributed by atoms with Crippen molar-refractivity contribution < 1.29 is 27.2 Å². The van der Waals surface area contributed by atoms with Crippen molar-refractivity contribution in [3.05, 3.63) is 71.0 Å². The molecule has 1 saturated heterocycles. The molecule has 2 aromatic carbocycles. The molecule has 2 aromatic rings. The molecule has 0 spiro atoms. The second kappa shape index (κ2) is 8.85. The molecule has 0 saturated carbocycles. The van der Waals surface area contributed by atoms with Crippen LogP contribution in [0.4, 0.5) is 17.6 Å². The predicted molar refractivity (Wildman–Crippen MR) is 103 cm³/mol. The van der Waals surface area contributed by atoms with E-state index < -0.39 is 23.5 Å². The van der Waals surface area contributed by atoms with Gasteiger partial charge in [0, 0.05) is 32.2 Å². The summed E-state index contributed by atoms with van der Waals surface area (Å²) in [5.74, 6) is -1.54. The first-order chi connectivity index (χ1) is 14.2. The second-order valence-electron chi connectivity index (χ2n) is 7.45. The van der Waals surface area contributed by atoms with Crippen LogP contribution >= 0.6 is 0 Å². The Balaban J connectivity index is 1.68. The van der Waals surface area contributed by atoms with E-state index in [1.165, 1.54) is 59.3 Å². The van der Waals surface area contributed by atoms with E-state index in [1.807, 2.05) is 0 Å². The van der Waals surface area contributed by atoms with E-state index in [9.17, 15) is 27.2 Å². The number of nitrogens with zero attached hydrogens (tertiary/aromatic N) is 2. The first-order valence-electron chi connectivity index (χ1n) is 9.61. The maximum atomic E-state index is 13.2. The molecule has 1 heterocycles. The first kappa shape index (κ1) is 21.8. The minimum Gasteiger partial charge on any atom is -0.341 e. The Bertz CT molecular complexity index is 912. The topological polar surface area (TPSA) is 40.6 Å². The third-order valence-electron chi connectivity index (χ3n) is 5.26. The lowest BCUT2D eigenvalue weighted by Gasteiger charge is -2.34. The van der Waals surface area contributed by atoms with Gasteiger partial charge in [0.1, 0.15) is 5.82 Å². The Kier molecular flexibility index (Phi) is 6.43. The van der Waals surface area contributed by atoms with E-state index in [0.29, 0.717) is 24.9 Å². The normalized spacial score (nSPS) is 17.0. The molecule has 1 atom stereocenters. The van der Waals surface area contributed by atoms with E-state index >= 15 is 0 Å². The minimum absolute atomic E-state index is 0.0240. The van der Waals surface area contributed by atoms with Gasteiger partial charge in [-0.05, 0) is 48.7 Å². The molecule has 30 heavy (non-hydrogen) atoms. The van der Waals surface area contributed by atoms with Gasteiger partial charge in [-0.15, -0.1) is 0 Å². The number of likely N-dealkylation sites (tertiary alicyclic amines) is 1. The van der Waals surface area contributed by atoms with E-state index in [0.717, 1.165) is 6.07 Å². The molecule has 0 radical (unpaired) electrons. The molecule has 0 N–H and O–H groups in total. The zero-order chi connectivity index (χ0) is 21.9. The molecule has 8 heteroatoms. The average molecular weight is 422 g/mol. The van der Waals surface area contributed by atoms with E-state index in [4.69, 9.17) is 0 Å². The number of benzene rings is 2. The summed E-state index contributed by atoms with van der Waals surface area (Å²) in [6, 6.07) is 10.4. The van der Waals surface area contributed by atoms with Crippen LogP contribution in [0.5, 0.6) is 0 Å². The number of piperidine rings is 1. The molecule has 0 bridgehead atoms. The zero-order valence-electron chi connectivity index (χ0n) is 16.5. The standard InChI is InChI=1S/C22H22F4N2O2/c1-27(13-16-5-2-3-7-19(16)22(24,25)26)20(29)17-6-4-12-28(14-17)21(30)15-8-10-18(23)11-9-15/h2-3,5,7-11,17H,4,6,12-14H2,1H3. The summed E-state index contributed by atoms with van der Waals surface area (Å²) >= 11 is 0. The third-order valence-corrected chi connectivity index (χ3v) is 5.26. The molecule has 1 unspecified atom stereocenters. The summed E-state index contributed by atoms with van der Waals surface area (Å²) in [4.78, 5) is 28.3. The second-order valence-corrected chi connectivity index (χ2v) is 7.45. The van der Waals surface area contributed by atoms with Crippen LogP contribution < -0.4 is 0 Å². The number of amides is 2. The lowest BCUT2D eigenvalue weighted by atomic mass is 9.95. The minimum atomic E-state index is -4.50. The summed E-state index contributed by atoms with van der Waals surface area (Å²) in [5.41, 5.74) is -0.408. The van der Waals surface area contributed by atoms with Gasteiger partial charge < -0.3 is 9.80 Å². The number of hydrogen-bond donors (Lipinski definition) is 0. The Morgan fingerprint density at radius 1 is 1.10 bits per heavy atom. The fraction of sp³-hybridized carbons (Fsp3) is 0.364. The van der Waals surface area contributed by atoms with Crippen molar-refractivity contribution in [1.82, 2.24) is 9.80 Å². The molecule has 160 valence electrons. The number of carbonyl (C=O) groups excluding carboxylic acids is 2. The van der Waals surface area contributed by atoms with E-state index in [-0.39, 0.29) is 30.5 Å². The molecule has 4 nitrogen and oxygen atoms in total. The van der Waals surface area contributed by atoms with E-state index in [1.54, 1.807) is 0 Å². The Morgan fingerprint density at radius 3 is 2.43 bits per heavy atom. The van der Waals surface area contributed by atoms with Crippen molar-refractivity contribution in [1.29, 1.82) is 0 Å². The number of carbonyl (C=O) groups is 2. The smallest absolute Gasteiger partial charge is 0.341 e. The molecule has 2 amide bonds. The van der Waals surface area contributed by atoms with Gasteiger partial charge in [-0.3, -0.25) is 9.59 Å². The van der Waals surface area contributed by atoms with Crippen LogP contribution in [0.1, 0.15) is 34.3 Å². The highest BCUT2D eigenvalue weighted by Crippen LogP contribution is 2.32. The maximum absolute atomic E-state index is 13.2. The fourth-order valence-electron chi connectivity index (χ4n) is 3.72. The highest BCUT2D eigenvalue weighted by Gasteiger charge is 2.35. The first-order valence-corrected chi connectivity index (χ1v) is 9.61. The third kappa shape index (κ3) is 4.98. The molecular formula is C22H22F4N2O2. The van der Waals surface area contributed by atoms with Crippen LogP contribution in [-0.4, -0.2) is 41.8 Å². The van der Waals surface area contributed by atoms with Crippen LogP contribution in [0.25, 0.3) is 0 Å². The van der Waals surface area contributed by atoms with Crippen LogP contribution in [0.15, 0.2) is 48.5 Å². The van der Waals surface area contributed by atoms with Crippen LogP contribution in [0, 0.1) is 11.7 Å². The van der Waals surface area contributed by atoms with Gasteiger partial charge in [-0.1, -0.05) is 18.2 Å². The number of rotatable bonds is 4. The van der Waals surface area contributed by atoms with Gasteiger partial charge in [0.05, 0.1) is 11.5 Å². The quantitative estimate of drug-likeness (QED) is 0.688. The molecule has 1 aliphatic heterocycles. The summed E-state index contributed by atoms with van der Waals surface area (Å²) in [6.07, 6.45) is -3.34. The summed E-state index contributed by atoms with van der Waals surface area (Å²) in [5, 5.41) is 0. The van der Waals surface area contributed by atoms with Crippen molar-refractivity contribution in [3.63, 3.8) is 0 Å². The predicted octanol–water partition coefficient (Wildman–Crippen LogP) is 4.36. The average Bonchev–Trinajstić information content (AvgIpc) is 2.73. The molecule has 1 aliphatic rings. The Morgan fingerprint density at radius 2 is 1.77 bits per heavy atom. The molecule has 0 aromatic heterocycles. The Hall–Kier alpha value is -2.90. The van der Waals surface area contributed by atoms with Gasteiger partial charge in [0.2, 0.25) is 5.91 Å².